The van der Waals surface area contributed by atoms with Gasteiger partial charge in [-0.25, -0.2) is 0 Å². The lowest BCUT2D eigenvalue weighted by Gasteiger charge is -2.30. The zero-order valence-electron chi connectivity index (χ0n) is 17.1. The van der Waals surface area contributed by atoms with E-state index in [1.54, 1.807) is 0 Å². The molecule has 3 aliphatic heterocycles. The average Bonchev–Trinajstić information content (AvgIpc) is 3.26. The van der Waals surface area contributed by atoms with E-state index < -0.39 is 0 Å². The molecule has 7 heteroatoms. The lowest BCUT2D eigenvalue weighted by atomic mass is 9.89. The van der Waals surface area contributed by atoms with Crippen LogP contribution in [-0.4, -0.2) is 56.0 Å². The van der Waals surface area contributed by atoms with Crippen molar-refractivity contribution in [3.05, 3.63) is 47.5 Å². The second-order valence-electron chi connectivity index (χ2n) is 9.30. The summed E-state index contributed by atoms with van der Waals surface area (Å²) >= 11 is 0. The van der Waals surface area contributed by atoms with E-state index in [2.05, 4.69) is 27.2 Å². The minimum absolute atomic E-state index is 0.00284. The van der Waals surface area contributed by atoms with Gasteiger partial charge in [0.1, 0.15) is 5.82 Å². The van der Waals surface area contributed by atoms with Crippen LogP contribution >= 0.6 is 0 Å². The van der Waals surface area contributed by atoms with E-state index >= 15 is 0 Å². The van der Waals surface area contributed by atoms with Gasteiger partial charge in [-0.05, 0) is 31.2 Å². The molecule has 156 valence electrons. The molecule has 1 aromatic carbocycles. The highest BCUT2D eigenvalue weighted by Gasteiger charge is 2.52. The second-order valence-corrected chi connectivity index (χ2v) is 9.30. The van der Waals surface area contributed by atoms with Crippen LogP contribution in [0, 0.1) is 17.8 Å². The van der Waals surface area contributed by atoms with Gasteiger partial charge < -0.3 is 14.4 Å². The molecule has 30 heavy (non-hydrogen) atoms. The summed E-state index contributed by atoms with van der Waals surface area (Å²) in [4.78, 5) is 30.4. The summed E-state index contributed by atoms with van der Waals surface area (Å²) in [6, 6.07) is 10.4. The Kier molecular flexibility index (Phi) is 4.18. The fourth-order valence-corrected chi connectivity index (χ4v) is 5.69. The number of carbonyl (C=O) groups excluding carboxylic acids is 2. The second kappa shape index (κ2) is 6.93. The number of likely N-dealkylation sites (tertiary alicyclic amines) is 2. The zero-order chi connectivity index (χ0) is 20.2. The molecule has 4 heterocycles. The number of hydrogen-bond acceptors (Lipinski definition) is 4. The molecule has 3 atom stereocenters. The van der Waals surface area contributed by atoms with Gasteiger partial charge in [0.15, 0.2) is 0 Å². The Hall–Kier alpha value is -2.70. The van der Waals surface area contributed by atoms with Gasteiger partial charge in [0.25, 0.3) is 5.91 Å². The summed E-state index contributed by atoms with van der Waals surface area (Å²) in [6.07, 6.45) is 5.14. The molecule has 0 bridgehead atoms. The lowest BCUT2D eigenvalue weighted by Crippen LogP contribution is -2.38. The Labute approximate surface area is 176 Å². The van der Waals surface area contributed by atoms with Crippen LogP contribution in [0.5, 0.6) is 0 Å². The molecule has 7 nitrogen and oxygen atoms in total. The van der Waals surface area contributed by atoms with Crippen LogP contribution in [0.1, 0.15) is 53.7 Å². The van der Waals surface area contributed by atoms with E-state index in [1.807, 2.05) is 27.7 Å². The van der Waals surface area contributed by atoms with Crippen molar-refractivity contribution in [3.63, 3.8) is 0 Å². The van der Waals surface area contributed by atoms with Crippen molar-refractivity contribution in [2.75, 3.05) is 19.6 Å². The third kappa shape index (κ3) is 2.86. The number of carbonyl (C=O) groups is 2. The number of aryl methyl sites for hydroxylation is 1. The van der Waals surface area contributed by atoms with Crippen LogP contribution in [0.25, 0.3) is 0 Å². The summed E-state index contributed by atoms with van der Waals surface area (Å²) in [5.74, 6) is 2.56. The number of aromatic nitrogens is 3. The van der Waals surface area contributed by atoms with Crippen LogP contribution in [0.2, 0.25) is 0 Å². The topological polar surface area (TPSA) is 71.3 Å². The maximum absolute atomic E-state index is 13.3. The van der Waals surface area contributed by atoms with Gasteiger partial charge >= 0.3 is 0 Å². The Morgan fingerprint density at radius 2 is 1.80 bits per heavy atom. The standard InChI is InChI=1S/C23H27N5O2/c29-22(16-9-10-16)28-13-17-12-26(14-18(17)20(28)15-6-2-1-3-7-15)23(30)21-25-24-19-8-4-5-11-27(19)21/h1-3,6-7,16-18,20H,4-5,8-14H2/t17-,18-,20+/m0/s1. The molecule has 0 radical (unpaired) electrons. The Bertz CT molecular complexity index is 983. The summed E-state index contributed by atoms with van der Waals surface area (Å²) in [7, 11) is 0. The molecule has 0 N–H and O–H groups in total. The van der Waals surface area contributed by atoms with Crippen molar-refractivity contribution >= 4 is 11.8 Å². The maximum atomic E-state index is 13.3. The number of nitrogens with zero attached hydrogens (tertiary/aromatic N) is 5. The summed E-state index contributed by atoms with van der Waals surface area (Å²) in [5.41, 5.74) is 1.19. The van der Waals surface area contributed by atoms with Crippen molar-refractivity contribution in [2.45, 2.75) is 44.7 Å². The van der Waals surface area contributed by atoms with E-state index in [1.165, 1.54) is 5.56 Å². The highest BCUT2D eigenvalue weighted by atomic mass is 16.2. The molecule has 6 rings (SSSR count). The van der Waals surface area contributed by atoms with Crippen LogP contribution in [0.4, 0.5) is 0 Å². The molecular weight excluding hydrogens is 378 g/mol. The molecule has 2 aromatic rings. The van der Waals surface area contributed by atoms with E-state index in [9.17, 15) is 9.59 Å². The largest absolute Gasteiger partial charge is 0.335 e. The fourth-order valence-electron chi connectivity index (χ4n) is 5.69. The first-order chi connectivity index (χ1) is 14.7. The van der Waals surface area contributed by atoms with Gasteiger partial charge in [0.05, 0.1) is 6.04 Å². The first kappa shape index (κ1) is 18.1. The van der Waals surface area contributed by atoms with Crippen molar-refractivity contribution < 1.29 is 9.59 Å². The summed E-state index contributed by atoms with van der Waals surface area (Å²) in [5, 5.41) is 8.50. The monoisotopic (exact) mass is 405 g/mol. The van der Waals surface area contributed by atoms with Gasteiger partial charge in [-0.1, -0.05) is 30.3 Å². The number of hydrogen-bond donors (Lipinski definition) is 0. The normalized spacial score (nSPS) is 27.8. The fraction of sp³-hybridized carbons (Fsp3) is 0.565. The van der Waals surface area contributed by atoms with Crippen LogP contribution in [0.15, 0.2) is 30.3 Å². The smallest absolute Gasteiger partial charge is 0.291 e. The molecule has 1 saturated carbocycles. The Morgan fingerprint density at radius 1 is 0.967 bits per heavy atom. The van der Waals surface area contributed by atoms with Crippen LogP contribution in [-0.2, 0) is 17.8 Å². The third-order valence-corrected chi connectivity index (χ3v) is 7.35. The number of amides is 2. The highest BCUT2D eigenvalue weighted by Crippen LogP contribution is 2.47. The van der Waals surface area contributed by atoms with Crippen LogP contribution in [0.3, 0.4) is 0 Å². The van der Waals surface area contributed by atoms with Gasteiger partial charge in [0, 0.05) is 50.4 Å². The van der Waals surface area contributed by atoms with E-state index in [0.717, 1.165) is 51.0 Å². The number of fused-ring (bicyclic) bond motifs is 2. The molecular formula is C23H27N5O2. The number of benzene rings is 1. The molecule has 2 amide bonds. The minimum atomic E-state index is -0.00284. The van der Waals surface area contributed by atoms with E-state index in [4.69, 9.17) is 0 Å². The Morgan fingerprint density at radius 3 is 2.60 bits per heavy atom. The summed E-state index contributed by atoms with van der Waals surface area (Å²) in [6.45, 7) is 2.96. The molecule has 1 aliphatic carbocycles. The van der Waals surface area contributed by atoms with Crippen molar-refractivity contribution in [3.8, 4) is 0 Å². The molecule has 3 fully saturated rings. The predicted molar refractivity (Wildman–Crippen MR) is 109 cm³/mol. The SMILES string of the molecule is O=C(c1nnc2n1CCCC2)N1C[C@H]2CN(C(=O)C3CC3)[C@H](c3ccccc3)[C@H]2C1. The quantitative estimate of drug-likeness (QED) is 0.786. The minimum Gasteiger partial charge on any atom is -0.335 e. The lowest BCUT2D eigenvalue weighted by molar-refractivity contribution is -0.134. The van der Waals surface area contributed by atoms with Gasteiger partial charge in [-0.15, -0.1) is 10.2 Å². The molecule has 0 unspecified atom stereocenters. The third-order valence-electron chi connectivity index (χ3n) is 7.35. The zero-order valence-corrected chi connectivity index (χ0v) is 17.1. The molecule has 1 aromatic heterocycles. The van der Waals surface area contributed by atoms with Crippen molar-refractivity contribution in [1.29, 1.82) is 0 Å². The summed E-state index contributed by atoms with van der Waals surface area (Å²) < 4.78 is 2.01. The van der Waals surface area contributed by atoms with Gasteiger partial charge in [0.2, 0.25) is 11.7 Å². The van der Waals surface area contributed by atoms with Gasteiger partial charge in [-0.3, -0.25) is 9.59 Å². The highest BCUT2D eigenvalue weighted by molar-refractivity contribution is 5.91. The molecule has 4 aliphatic rings. The van der Waals surface area contributed by atoms with Crippen molar-refractivity contribution in [2.24, 2.45) is 17.8 Å². The van der Waals surface area contributed by atoms with E-state index in [-0.39, 0.29) is 23.8 Å². The van der Waals surface area contributed by atoms with E-state index in [0.29, 0.717) is 30.7 Å². The molecule has 0 spiro atoms. The maximum Gasteiger partial charge on any atom is 0.291 e. The molecule has 2 saturated heterocycles. The number of rotatable bonds is 3. The van der Waals surface area contributed by atoms with Gasteiger partial charge in [-0.2, -0.15) is 0 Å². The average molecular weight is 406 g/mol. The Balaban J connectivity index is 1.26. The van der Waals surface area contributed by atoms with Crippen molar-refractivity contribution in [1.82, 2.24) is 24.6 Å². The predicted octanol–water partition coefficient (Wildman–Crippen LogP) is 2.30. The first-order valence-electron chi connectivity index (χ1n) is 11.3. The van der Waals surface area contributed by atoms with Crippen LogP contribution < -0.4 is 0 Å². The first-order valence-corrected chi connectivity index (χ1v) is 11.3.